The zero-order valence-corrected chi connectivity index (χ0v) is 21.3. The van der Waals surface area contributed by atoms with Crippen LogP contribution in [0.5, 0.6) is 11.5 Å². The summed E-state index contributed by atoms with van der Waals surface area (Å²) in [5.41, 5.74) is 9.48. The van der Waals surface area contributed by atoms with Gasteiger partial charge in [-0.2, -0.15) is 5.10 Å². The maximum atomic E-state index is 6.37. The van der Waals surface area contributed by atoms with Crippen LogP contribution in [0.2, 0.25) is 0 Å². The number of ether oxygens (including phenoxy) is 1. The van der Waals surface area contributed by atoms with Gasteiger partial charge in [0.05, 0.1) is 11.4 Å². The lowest BCUT2D eigenvalue weighted by molar-refractivity contribution is -0.0442. The summed E-state index contributed by atoms with van der Waals surface area (Å²) in [7, 11) is 2.21. The molecule has 7 rings (SSSR count). The Bertz CT molecular complexity index is 1400. The lowest BCUT2D eigenvalue weighted by atomic mass is 9.60. The van der Waals surface area contributed by atoms with Gasteiger partial charge in [0.1, 0.15) is 29.3 Å². The monoisotopic (exact) mass is 495 g/mol. The largest absolute Gasteiger partial charge is 0.457 e. The highest BCUT2D eigenvalue weighted by atomic mass is 16.5. The average Bonchev–Trinajstić information content (AvgIpc) is 3.27. The fourth-order valence-electron chi connectivity index (χ4n) is 6.54. The summed E-state index contributed by atoms with van der Waals surface area (Å²) in [4.78, 5) is 14.0. The van der Waals surface area contributed by atoms with Crippen LogP contribution >= 0.6 is 0 Å². The summed E-state index contributed by atoms with van der Waals surface area (Å²) < 4.78 is 8.09. The summed E-state index contributed by atoms with van der Waals surface area (Å²) in [6.07, 6.45) is 6.45. The average molecular weight is 496 g/mol. The maximum Gasteiger partial charge on any atom is 0.164 e. The molecule has 0 amide bonds. The van der Waals surface area contributed by atoms with Gasteiger partial charge in [0, 0.05) is 24.7 Å². The molecular weight excluding hydrogens is 462 g/mol. The van der Waals surface area contributed by atoms with E-state index in [1.807, 2.05) is 54.6 Å². The Labute approximate surface area is 217 Å². The Morgan fingerprint density at radius 2 is 1.59 bits per heavy atom. The van der Waals surface area contributed by atoms with Crippen LogP contribution in [0.15, 0.2) is 60.9 Å². The van der Waals surface area contributed by atoms with E-state index in [-0.39, 0.29) is 0 Å². The van der Waals surface area contributed by atoms with Crippen molar-refractivity contribution in [3.8, 4) is 22.8 Å². The minimum Gasteiger partial charge on any atom is -0.457 e. The molecule has 2 aromatic carbocycles. The normalized spacial score (nSPS) is 20.7. The molecule has 37 heavy (non-hydrogen) atoms. The van der Waals surface area contributed by atoms with Gasteiger partial charge in [-0.05, 0) is 87.6 Å². The van der Waals surface area contributed by atoms with E-state index in [1.165, 1.54) is 39.0 Å². The van der Waals surface area contributed by atoms with Crippen LogP contribution in [-0.2, 0) is 0 Å². The maximum absolute atomic E-state index is 6.37. The minimum absolute atomic E-state index is 0.354. The first-order chi connectivity index (χ1) is 18.1. The highest BCUT2D eigenvalue weighted by Crippen LogP contribution is 2.55. The minimum atomic E-state index is 0.354. The van der Waals surface area contributed by atoms with Crippen molar-refractivity contribution in [2.75, 3.05) is 39.0 Å². The summed E-state index contributed by atoms with van der Waals surface area (Å²) >= 11 is 0. The van der Waals surface area contributed by atoms with Gasteiger partial charge in [-0.15, -0.1) is 0 Å². The molecule has 1 saturated carbocycles. The van der Waals surface area contributed by atoms with Crippen molar-refractivity contribution in [3.63, 3.8) is 0 Å². The van der Waals surface area contributed by atoms with Gasteiger partial charge in [-0.3, -0.25) is 4.90 Å². The number of likely N-dealkylation sites (tertiary alicyclic amines) is 2. The van der Waals surface area contributed by atoms with Crippen molar-refractivity contribution in [3.05, 3.63) is 60.9 Å². The number of hydrogen-bond donors (Lipinski definition) is 1. The molecule has 1 spiro atoms. The summed E-state index contributed by atoms with van der Waals surface area (Å²) in [5, 5.41) is 5.92. The Hall–Kier alpha value is -3.49. The number of nitrogen functional groups attached to an aromatic ring is 1. The molecule has 3 fully saturated rings. The first-order valence-corrected chi connectivity index (χ1v) is 13.3. The quantitative estimate of drug-likeness (QED) is 0.433. The van der Waals surface area contributed by atoms with E-state index in [9.17, 15) is 0 Å². The van der Waals surface area contributed by atoms with E-state index in [0.717, 1.165) is 52.7 Å². The van der Waals surface area contributed by atoms with Crippen LogP contribution in [0, 0.1) is 5.41 Å². The summed E-state index contributed by atoms with van der Waals surface area (Å²) in [6.45, 7) is 4.89. The Morgan fingerprint density at radius 3 is 2.30 bits per heavy atom. The second-order valence-electron chi connectivity index (χ2n) is 11.2. The number of piperidine rings is 1. The third kappa shape index (κ3) is 4.04. The standard InChI is InChI=1S/C29H33N7O/c1-34-17-22(18-34)35-13-11-29(12-14-35)15-21(16-29)36-28-25(27(30)31-19-32-28)26(33-36)20-7-9-24(10-8-20)37-23-5-3-2-4-6-23/h2-10,19,21-22H,11-18H2,1H3,(H2,30,31,32). The van der Waals surface area contributed by atoms with Gasteiger partial charge in [0.25, 0.3) is 0 Å². The lowest BCUT2D eigenvalue weighted by Crippen LogP contribution is -2.60. The molecule has 4 heterocycles. The van der Waals surface area contributed by atoms with Crippen molar-refractivity contribution in [1.82, 2.24) is 29.5 Å². The molecule has 2 saturated heterocycles. The summed E-state index contributed by atoms with van der Waals surface area (Å²) in [5.74, 6) is 2.07. The summed E-state index contributed by atoms with van der Waals surface area (Å²) in [6, 6.07) is 18.9. The van der Waals surface area contributed by atoms with Gasteiger partial charge >= 0.3 is 0 Å². The van der Waals surface area contributed by atoms with E-state index in [0.29, 0.717) is 17.3 Å². The molecule has 1 aliphatic carbocycles. The van der Waals surface area contributed by atoms with Crippen LogP contribution in [0.3, 0.4) is 0 Å². The number of nitrogens with zero attached hydrogens (tertiary/aromatic N) is 6. The predicted octanol–water partition coefficient (Wildman–Crippen LogP) is 4.60. The van der Waals surface area contributed by atoms with Crippen molar-refractivity contribution in [2.45, 2.75) is 37.8 Å². The molecule has 0 bridgehead atoms. The van der Waals surface area contributed by atoms with Crippen molar-refractivity contribution < 1.29 is 4.74 Å². The van der Waals surface area contributed by atoms with Gasteiger partial charge < -0.3 is 15.4 Å². The SMILES string of the molecule is CN1CC(N2CCC3(CC2)CC(n2nc(-c4ccc(Oc5ccccc5)cc4)c4c(N)ncnc42)C3)C1. The number of rotatable bonds is 5. The van der Waals surface area contributed by atoms with Crippen LogP contribution < -0.4 is 10.5 Å². The highest BCUT2D eigenvalue weighted by Gasteiger charge is 2.48. The van der Waals surface area contributed by atoms with Crippen molar-refractivity contribution >= 4 is 16.9 Å². The molecule has 2 aromatic heterocycles. The number of hydrogen-bond acceptors (Lipinski definition) is 7. The molecule has 2 N–H and O–H groups in total. The second-order valence-corrected chi connectivity index (χ2v) is 11.2. The van der Waals surface area contributed by atoms with E-state index in [4.69, 9.17) is 15.6 Å². The van der Waals surface area contributed by atoms with E-state index in [2.05, 4.69) is 31.5 Å². The molecule has 4 aromatic rings. The third-order valence-electron chi connectivity index (χ3n) is 8.73. The third-order valence-corrected chi connectivity index (χ3v) is 8.73. The van der Waals surface area contributed by atoms with E-state index < -0.39 is 0 Å². The molecule has 190 valence electrons. The second kappa shape index (κ2) is 8.82. The van der Waals surface area contributed by atoms with Gasteiger partial charge in [-0.1, -0.05) is 18.2 Å². The van der Waals surface area contributed by atoms with Crippen molar-refractivity contribution in [2.24, 2.45) is 5.41 Å². The molecule has 0 unspecified atom stereocenters. The van der Waals surface area contributed by atoms with E-state index in [1.54, 1.807) is 6.33 Å². The van der Waals surface area contributed by atoms with Crippen LogP contribution in [0.4, 0.5) is 5.82 Å². The number of fused-ring (bicyclic) bond motifs is 1. The fourth-order valence-corrected chi connectivity index (χ4v) is 6.54. The first kappa shape index (κ1) is 22.7. The number of benzene rings is 2. The Balaban J connectivity index is 1.10. The zero-order chi connectivity index (χ0) is 25.0. The van der Waals surface area contributed by atoms with Crippen LogP contribution in [0.25, 0.3) is 22.3 Å². The number of para-hydroxylation sites is 1. The van der Waals surface area contributed by atoms with Gasteiger partial charge in [0.2, 0.25) is 0 Å². The molecule has 0 atom stereocenters. The van der Waals surface area contributed by atoms with Crippen LogP contribution in [0.1, 0.15) is 31.7 Å². The number of nitrogens with two attached hydrogens (primary N) is 1. The highest BCUT2D eigenvalue weighted by molar-refractivity contribution is 5.98. The number of aromatic nitrogens is 4. The fraction of sp³-hybridized carbons (Fsp3) is 0.414. The zero-order valence-electron chi connectivity index (χ0n) is 21.3. The number of likely N-dealkylation sites (N-methyl/N-ethyl adjacent to an activating group) is 1. The molecule has 0 radical (unpaired) electrons. The molecule has 3 aliphatic rings. The Morgan fingerprint density at radius 1 is 0.892 bits per heavy atom. The molecular formula is C29H33N7O. The first-order valence-electron chi connectivity index (χ1n) is 13.3. The molecule has 8 nitrogen and oxygen atoms in total. The smallest absolute Gasteiger partial charge is 0.164 e. The Kier molecular flexibility index (Phi) is 5.41. The topological polar surface area (TPSA) is 85.3 Å². The van der Waals surface area contributed by atoms with Gasteiger partial charge in [0.15, 0.2) is 5.65 Å². The van der Waals surface area contributed by atoms with Crippen LogP contribution in [-0.4, -0.2) is 68.8 Å². The predicted molar refractivity (Wildman–Crippen MR) is 144 cm³/mol. The molecule has 8 heteroatoms. The lowest BCUT2D eigenvalue weighted by Gasteiger charge is -2.55. The van der Waals surface area contributed by atoms with E-state index >= 15 is 0 Å². The molecule has 2 aliphatic heterocycles. The number of anilines is 1. The van der Waals surface area contributed by atoms with Crippen molar-refractivity contribution in [1.29, 1.82) is 0 Å². The van der Waals surface area contributed by atoms with Gasteiger partial charge in [-0.25, -0.2) is 14.6 Å².